The monoisotopic (exact) mass is 457 g/mol. The second-order valence-electron chi connectivity index (χ2n) is 5.08. The maximum atomic E-state index is 5.66. The Hall–Kier alpha value is -0.530. The summed E-state index contributed by atoms with van der Waals surface area (Å²) in [5, 5.41) is 0. The van der Waals surface area contributed by atoms with Crippen LogP contribution in [0, 0.1) is 0 Å². The molecule has 23 heavy (non-hydrogen) atoms. The number of nitrogens with zero attached hydrogens (tertiary/aromatic N) is 1. The smallest absolute Gasteiger partial charge is 0.0701 e. The first kappa shape index (κ1) is 17.3. The van der Waals surface area contributed by atoms with Gasteiger partial charge in [0.1, 0.15) is 0 Å². The lowest BCUT2D eigenvalue weighted by molar-refractivity contribution is 0.0746. The predicted molar refractivity (Wildman–Crippen MR) is 102 cm³/mol. The van der Waals surface area contributed by atoms with E-state index in [0.717, 1.165) is 15.5 Å². The molecule has 0 amide bonds. The van der Waals surface area contributed by atoms with Gasteiger partial charge in [-0.1, -0.05) is 43.6 Å². The average molecular weight is 459 g/mol. The predicted octanol–water partition coefficient (Wildman–Crippen LogP) is 5.48. The quantitative estimate of drug-likeness (QED) is 0.534. The van der Waals surface area contributed by atoms with E-state index in [9.17, 15) is 0 Å². The third-order valence-electron chi connectivity index (χ3n) is 3.54. The molecule has 2 aromatic rings. The lowest BCUT2D eigenvalue weighted by Gasteiger charge is -2.33. The molecule has 0 saturated heterocycles. The number of ether oxygens (including phenoxy) is 2. The van der Waals surface area contributed by atoms with Gasteiger partial charge in [-0.25, -0.2) is 0 Å². The summed E-state index contributed by atoms with van der Waals surface area (Å²) in [4.78, 5) is 4.83. The molecular weight excluding hydrogens is 442 g/mol. The van der Waals surface area contributed by atoms with Crippen LogP contribution in [0.4, 0.5) is 11.4 Å². The molecule has 3 nitrogen and oxygen atoms in total. The van der Waals surface area contributed by atoms with Crippen molar-refractivity contribution in [2.24, 2.45) is 0 Å². The lowest BCUT2D eigenvalue weighted by Crippen LogP contribution is -2.25. The van der Waals surface area contributed by atoms with Crippen LogP contribution in [0.1, 0.15) is 0 Å². The van der Waals surface area contributed by atoms with Crippen molar-refractivity contribution in [3.8, 4) is 0 Å². The first-order valence-corrected chi connectivity index (χ1v) is 9.70. The minimum absolute atomic E-state index is 0.624. The van der Waals surface area contributed by atoms with E-state index in [1.54, 1.807) is 18.9 Å². The SMILES string of the molecule is COCCOCCN1c2ccc(Br)cc2Sc2cc(Br)ccc21. The molecule has 0 aromatic heterocycles. The van der Waals surface area contributed by atoms with Crippen LogP contribution in [0.15, 0.2) is 55.1 Å². The molecule has 122 valence electrons. The molecule has 0 saturated carbocycles. The molecule has 3 rings (SSSR count). The highest BCUT2D eigenvalue weighted by molar-refractivity contribution is 9.10. The van der Waals surface area contributed by atoms with Gasteiger partial charge in [-0.15, -0.1) is 0 Å². The van der Waals surface area contributed by atoms with Crippen LogP contribution in [0.3, 0.4) is 0 Å². The molecule has 6 heteroatoms. The first-order valence-electron chi connectivity index (χ1n) is 7.30. The molecule has 0 N–H and O–H groups in total. The maximum Gasteiger partial charge on any atom is 0.0701 e. The van der Waals surface area contributed by atoms with Gasteiger partial charge in [0, 0.05) is 32.4 Å². The fraction of sp³-hybridized carbons (Fsp3) is 0.294. The minimum atomic E-state index is 0.624. The number of hydrogen-bond donors (Lipinski definition) is 0. The number of methoxy groups -OCH3 is 1. The van der Waals surface area contributed by atoms with Crippen LogP contribution in [0.2, 0.25) is 0 Å². The van der Waals surface area contributed by atoms with E-state index in [0.29, 0.717) is 19.8 Å². The van der Waals surface area contributed by atoms with Gasteiger partial charge in [-0.05, 0) is 36.4 Å². The standard InChI is InChI=1S/C17H17Br2NO2S/c1-21-8-9-22-7-6-20-14-4-2-12(18)10-16(14)23-17-11-13(19)3-5-15(17)20/h2-5,10-11H,6-9H2,1H3. The molecule has 0 radical (unpaired) electrons. The third kappa shape index (κ3) is 4.12. The molecule has 0 bridgehead atoms. The summed E-state index contributed by atoms with van der Waals surface area (Å²) in [6.07, 6.45) is 0. The number of fused-ring (bicyclic) bond motifs is 2. The summed E-state index contributed by atoms with van der Waals surface area (Å²) in [5.41, 5.74) is 2.45. The number of halogens is 2. The molecule has 1 heterocycles. The van der Waals surface area contributed by atoms with Gasteiger partial charge >= 0.3 is 0 Å². The van der Waals surface area contributed by atoms with Gasteiger partial charge < -0.3 is 14.4 Å². The fourth-order valence-electron chi connectivity index (χ4n) is 2.47. The van der Waals surface area contributed by atoms with Crippen LogP contribution >= 0.6 is 43.6 Å². The number of anilines is 2. The molecule has 0 unspecified atom stereocenters. The Morgan fingerprint density at radius 3 is 2.09 bits per heavy atom. The number of rotatable bonds is 6. The summed E-state index contributed by atoms with van der Waals surface area (Å²) in [7, 11) is 1.69. The van der Waals surface area contributed by atoms with E-state index in [-0.39, 0.29) is 0 Å². The molecule has 0 aliphatic carbocycles. The summed E-state index contributed by atoms with van der Waals surface area (Å²) in [5.74, 6) is 0. The summed E-state index contributed by atoms with van der Waals surface area (Å²) in [6, 6.07) is 12.8. The summed E-state index contributed by atoms with van der Waals surface area (Å²) in [6.45, 7) is 2.73. The van der Waals surface area contributed by atoms with Gasteiger partial charge in [0.15, 0.2) is 0 Å². The normalized spacial score (nSPS) is 12.9. The van der Waals surface area contributed by atoms with E-state index >= 15 is 0 Å². The fourth-order valence-corrected chi connectivity index (χ4v) is 4.67. The molecule has 1 aliphatic heterocycles. The maximum absolute atomic E-state index is 5.66. The number of hydrogen-bond acceptors (Lipinski definition) is 4. The Labute approximate surface area is 157 Å². The second-order valence-corrected chi connectivity index (χ2v) is 8.00. The van der Waals surface area contributed by atoms with E-state index in [2.05, 4.69) is 73.2 Å². The molecule has 0 spiro atoms. The van der Waals surface area contributed by atoms with Crippen molar-refractivity contribution < 1.29 is 9.47 Å². The minimum Gasteiger partial charge on any atom is -0.382 e. The van der Waals surface area contributed by atoms with Crippen LogP contribution in [0.5, 0.6) is 0 Å². The topological polar surface area (TPSA) is 21.7 Å². The van der Waals surface area contributed by atoms with Crippen molar-refractivity contribution in [1.82, 2.24) is 0 Å². The van der Waals surface area contributed by atoms with Crippen molar-refractivity contribution >= 4 is 55.0 Å². The molecule has 1 aliphatic rings. The second kappa shape index (κ2) is 8.03. The van der Waals surface area contributed by atoms with Gasteiger partial charge in [-0.3, -0.25) is 0 Å². The zero-order chi connectivity index (χ0) is 16.2. The Kier molecular flexibility index (Phi) is 6.04. The molecule has 2 aromatic carbocycles. The molecule has 0 fully saturated rings. The van der Waals surface area contributed by atoms with E-state index in [4.69, 9.17) is 9.47 Å². The zero-order valence-electron chi connectivity index (χ0n) is 12.7. The largest absolute Gasteiger partial charge is 0.382 e. The van der Waals surface area contributed by atoms with Gasteiger partial charge in [0.25, 0.3) is 0 Å². The Morgan fingerprint density at radius 1 is 0.913 bits per heavy atom. The van der Waals surface area contributed by atoms with E-state index < -0.39 is 0 Å². The van der Waals surface area contributed by atoms with Crippen LogP contribution in [-0.4, -0.2) is 33.5 Å². The first-order chi connectivity index (χ1) is 11.2. The van der Waals surface area contributed by atoms with Gasteiger partial charge in [0.2, 0.25) is 0 Å². The van der Waals surface area contributed by atoms with Gasteiger partial charge in [-0.2, -0.15) is 0 Å². The molecule has 0 atom stereocenters. The van der Waals surface area contributed by atoms with Crippen molar-refractivity contribution in [2.75, 3.05) is 38.4 Å². The van der Waals surface area contributed by atoms with E-state index in [1.165, 1.54) is 21.2 Å². The van der Waals surface area contributed by atoms with Crippen molar-refractivity contribution in [2.45, 2.75) is 9.79 Å². The highest BCUT2D eigenvalue weighted by Crippen LogP contribution is 2.49. The average Bonchev–Trinajstić information content (AvgIpc) is 2.53. The van der Waals surface area contributed by atoms with Gasteiger partial charge in [0.05, 0.1) is 31.2 Å². The summed E-state index contributed by atoms with van der Waals surface area (Å²) < 4.78 is 12.9. The Morgan fingerprint density at radius 2 is 1.52 bits per heavy atom. The van der Waals surface area contributed by atoms with Crippen molar-refractivity contribution in [3.05, 3.63) is 45.3 Å². The Balaban J connectivity index is 1.85. The van der Waals surface area contributed by atoms with Crippen LogP contribution < -0.4 is 4.90 Å². The van der Waals surface area contributed by atoms with Crippen molar-refractivity contribution in [1.29, 1.82) is 0 Å². The van der Waals surface area contributed by atoms with Crippen molar-refractivity contribution in [3.63, 3.8) is 0 Å². The third-order valence-corrected chi connectivity index (χ3v) is 5.62. The highest BCUT2D eigenvalue weighted by Gasteiger charge is 2.23. The summed E-state index contributed by atoms with van der Waals surface area (Å²) >= 11 is 8.93. The number of benzene rings is 2. The Bertz CT molecular complexity index is 645. The lowest BCUT2D eigenvalue weighted by atomic mass is 10.2. The van der Waals surface area contributed by atoms with Crippen LogP contribution in [-0.2, 0) is 9.47 Å². The van der Waals surface area contributed by atoms with E-state index in [1.807, 2.05) is 0 Å². The highest BCUT2D eigenvalue weighted by atomic mass is 79.9. The molecular formula is C17H17Br2NO2S. The zero-order valence-corrected chi connectivity index (χ0v) is 16.7. The van der Waals surface area contributed by atoms with Crippen LogP contribution in [0.25, 0.3) is 0 Å².